The zero-order valence-electron chi connectivity index (χ0n) is 20.5. The van der Waals surface area contributed by atoms with Gasteiger partial charge in [-0.15, -0.1) is 0 Å². The molecule has 0 unspecified atom stereocenters. The van der Waals surface area contributed by atoms with Crippen LogP contribution in [0.25, 0.3) is 16.8 Å². The monoisotopic (exact) mass is 511 g/mol. The number of carbonyl (C=O) groups excluding carboxylic acids is 1. The van der Waals surface area contributed by atoms with Crippen molar-refractivity contribution in [2.45, 2.75) is 12.6 Å². The highest BCUT2D eigenvalue weighted by molar-refractivity contribution is 6.02. The van der Waals surface area contributed by atoms with Crippen molar-refractivity contribution in [3.8, 4) is 11.3 Å². The smallest absolute Gasteiger partial charge is 0.369 e. The average molecular weight is 512 g/mol. The molecule has 194 valence electrons. The summed E-state index contributed by atoms with van der Waals surface area (Å²) in [5.41, 5.74) is 3.58. The molecule has 2 heterocycles. The summed E-state index contributed by atoms with van der Waals surface area (Å²) >= 11 is 0. The van der Waals surface area contributed by atoms with Gasteiger partial charge >= 0.3 is 12.2 Å². The highest BCUT2D eigenvalue weighted by Gasteiger charge is 2.30. The third kappa shape index (κ3) is 6.98. The third-order valence-corrected chi connectivity index (χ3v) is 5.69. The Balaban J connectivity index is 1.44. The van der Waals surface area contributed by atoms with Crippen LogP contribution < -0.4 is 16.0 Å². The Kier molecular flexibility index (Phi) is 7.92. The van der Waals surface area contributed by atoms with Crippen molar-refractivity contribution in [2.24, 2.45) is 4.99 Å². The molecule has 37 heavy (non-hydrogen) atoms. The van der Waals surface area contributed by atoms with Gasteiger partial charge in [-0.2, -0.15) is 18.3 Å². The molecule has 0 aliphatic carbocycles. The van der Waals surface area contributed by atoms with Crippen molar-refractivity contribution in [1.82, 2.24) is 20.4 Å². The lowest BCUT2D eigenvalue weighted by Crippen LogP contribution is -2.31. The number of anilines is 2. The number of aromatic amines is 1. The van der Waals surface area contributed by atoms with Crippen molar-refractivity contribution in [3.05, 3.63) is 71.9 Å². The van der Waals surface area contributed by atoms with Gasteiger partial charge in [0.25, 0.3) is 0 Å². The van der Waals surface area contributed by atoms with Crippen molar-refractivity contribution in [1.29, 1.82) is 0 Å². The first kappa shape index (κ1) is 26.0. The van der Waals surface area contributed by atoms with E-state index in [4.69, 9.17) is 0 Å². The van der Waals surface area contributed by atoms with Gasteiger partial charge in [0.05, 0.1) is 11.3 Å². The van der Waals surface area contributed by atoms with Crippen molar-refractivity contribution in [3.63, 3.8) is 0 Å². The number of nitrogens with zero attached hydrogens (tertiary/aromatic N) is 3. The summed E-state index contributed by atoms with van der Waals surface area (Å²) in [6, 6.07) is 10.9. The minimum Gasteiger partial charge on any atom is -0.369 e. The maximum atomic E-state index is 12.7. The first-order valence-electron chi connectivity index (χ1n) is 11.7. The summed E-state index contributed by atoms with van der Waals surface area (Å²) in [6.07, 6.45) is 0.226. The largest absolute Gasteiger partial charge is 0.416 e. The average Bonchev–Trinajstić information content (AvgIpc) is 3.34. The molecule has 11 heteroatoms. The number of H-pyrrole nitrogens is 1. The molecule has 8 nitrogen and oxygen atoms in total. The van der Waals surface area contributed by atoms with Gasteiger partial charge in [0.15, 0.2) is 0 Å². The lowest BCUT2D eigenvalue weighted by Gasteiger charge is -2.16. The number of aliphatic imine (C=N–C) groups is 1. The van der Waals surface area contributed by atoms with Crippen molar-refractivity contribution >= 4 is 28.8 Å². The molecule has 1 aliphatic rings. The van der Waals surface area contributed by atoms with Crippen LogP contribution in [0, 0.1) is 0 Å². The molecule has 0 fully saturated rings. The van der Waals surface area contributed by atoms with E-state index in [1.54, 1.807) is 18.2 Å². The van der Waals surface area contributed by atoms with Crippen molar-refractivity contribution in [2.75, 3.05) is 44.4 Å². The van der Waals surface area contributed by atoms with Gasteiger partial charge in [-0.3, -0.25) is 10.1 Å². The first-order chi connectivity index (χ1) is 17.7. The Hall–Kier alpha value is -4.12. The number of aromatic nitrogens is 2. The van der Waals surface area contributed by atoms with E-state index < -0.39 is 17.8 Å². The fourth-order valence-electron chi connectivity index (χ4n) is 3.84. The first-order valence-corrected chi connectivity index (χ1v) is 11.7. The molecule has 0 saturated heterocycles. The summed E-state index contributed by atoms with van der Waals surface area (Å²) in [6.45, 7) is 2.36. The van der Waals surface area contributed by atoms with E-state index in [-0.39, 0.29) is 5.69 Å². The fraction of sp³-hybridized carbons (Fsp3) is 0.269. The highest BCUT2D eigenvalue weighted by Crippen LogP contribution is 2.32. The van der Waals surface area contributed by atoms with Crippen LogP contribution in [0.3, 0.4) is 0 Å². The molecule has 0 bridgehead atoms. The molecule has 0 spiro atoms. The molecule has 0 radical (unpaired) electrons. The molecule has 1 aliphatic heterocycles. The second-order valence-electron chi connectivity index (χ2n) is 8.80. The maximum Gasteiger partial charge on any atom is 0.416 e. The Labute approximate surface area is 212 Å². The minimum atomic E-state index is -4.43. The number of likely N-dealkylation sites (N-methyl/N-ethyl adjacent to an activating group) is 1. The SMILES string of the molecule is CN(C)CCNC1=NCCC(c2c[nH]nc2-c2cccc(NC(=O)Nc3ccc(C(F)(F)F)cc3)c2)=C1. The van der Waals surface area contributed by atoms with Gasteiger partial charge in [0.2, 0.25) is 0 Å². The maximum absolute atomic E-state index is 12.7. The van der Waals surface area contributed by atoms with Crippen LogP contribution in [-0.2, 0) is 6.18 Å². The standard InChI is InChI=1S/C26H28F3N7O/c1-36(2)13-12-31-23-15-17(10-11-30-23)22-16-32-35-24(22)18-4-3-5-21(14-18)34-25(37)33-20-8-6-19(7-9-20)26(27,28)29/h3-9,14-16H,10-13H2,1-2H3,(H,30,31)(H,32,35)(H2,33,34,37). The number of urea groups is 1. The summed E-state index contributed by atoms with van der Waals surface area (Å²) in [5, 5.41) is 16.0. The molecular formula is C26H28F3N7O. The van der Waals surface area contributed by atoms with Gasteiger partial charge in [0.1, 0.15) is 5.84 Å². The number of nitrogens with one attached hydrogen (secondary N) is 4. The predicted molar refractivity (Wildman–Crippen MR) is 140 cm³/mol. The Morgan fingerprint density at radius 3 is 2.57 bits per heavy atom. The van der Waals surface area contributed by atoms with Crippen LogP contribution in [0.5, 0.6) is 0 Å². The zero-order valence-corrected chi connectivity index (χ0v) is 20.5. The molecule has 3 aromatic rings. The van der Waals surface area contributed by atoms with Gasteiger partial charge in [-0.05, 0) is 68.6 Å². The Morgan fingerprint density at radius 1 is 1.08 bits per heavy atom. The van der Waals surface area contributed by atoms with E-state index in [2.05, 4.69) is 36.0 Å². The number of amides is 2. The second-order valence-corrected chi connectivity index (χ2v) is 8.80. The fourth-order valence-corrected chi connectivity index (χ4v) is 3.84. The molecular weight excluding hydrogens is 483 g/mol. The number of amidine groups is 1. The zero-order chi connectivity index (χ0) is 26.4. The topological polar surface area (TPSA) is 97.4 Å². The van der Waals surface area contributed by atoms with Crippen molar-refractivity contribution < 1.29 is 18.0 Å². The molecule has 2 amide bonds. The molecule has 0 atom stereocenters. The van der Waals surface area contributed by atoms with E-state index in [0.717, 1.165) is 59.9 Å². The third-order valence-electron chi connectivity index (χ3n) is 5.69. The summed E-state index contributed by atoms with van der Waals surface area (Å²) in [7, 11) is 4.04. The highest BCUT2D eigenvalue weighted by atomic mass is 19.4. The molecule has 4 N–H and O–H groups in total. The van der Waals surface area contributed by atoms with Crippen LogP contribution in [0.2, 0.25) is 0 Å². The van der Waals surface area contributed by atoms with Crippen LogP contribution in [0.4, 0.5) is 29.3 Å². The number of hydrogen-bond acceptors (Lipinski definition) is 5. The van der Waals surface area contributed by atoms with Crippen LogP contribution in [-0.4, -0.2) is 60.7 Å². The van der Waals surface area contributed by atoms with E-state index in [9.17, 15) is 18.0 Å². The normalized spacial score (nSPS) is 13.7. The number of halogens is 3. The number of benzene rings is 2. The van der Waals surface area contributed by atoms with Gasteiger partial charge in [0, 0.05) is 48.3 Å². The van der Waals surface area contributed by atoms with Gasteiger partial charge in [-0.25, -0.2) is 4.79 Å². The minimum absolute atomic E-state index is 0.247. The lowest BCUT2D eigenvalue weighted by atomic mass is 9.97. The number of carbonyl (C=O) groups is 1. The quantitative estimate of drug-likeness (QED) is 0.356. The second kappa shape index (κ2) is 11.3. The number of rotatable bonds is 7. The predicted octanol–water partition coefficient (Wildman–Crippen LogP) is 5.08. The Morgan fingerprint density at radius 2 is 1.84 bits per heavy atom. The van der Waals surface area contributed by atoms with Crippen LogP contribution >= 0.6 is 0 Å². The van der Waals surface area contributed by atoms with E-state index in [1.165, 1.54) is 12.1 Å². The number of hydrogen-bond donors (Lipinski definition) is 4. The molecule has 2 aromatic carbocycles. The summed E-state index contributed by atoms with van der Waals surface area (Å²) < 4.78 is 38.2. The summed E-state index contributed by atoms with van der Waals surface area (Å²) in [5.74, 6) is 0.839. The Bertz CT molecular complexity index is 1290. The number of dihydropyridines is 1. The summed E-state index contributed by atoms with van der Waals surface area (Å²) in [4.78, 5) is 19.1. The van der Waals surface area contributed by atoms with E-state index in [1.807, 2.05) is 32.4 Å². The molecule has 0 saturated carbocycles. The van der Waals surface area contributed by atoms with E-state index >= 15 is 0 Å². The van der Waals surface area contributed by atoms with E-state index in [0.29, 0.717) is 12.2 Å². The molecule has 4 rings (SSSR count). The van der Waals surface area contributed by atoms with Crippen LogP contribution in [0.15, 0.2) is 65.8 Å². The molecule has 1 aromatic heterocycles. The van der Waals surface area contributed by atoms with Gasteiger partial charge < -0.3 is 20.9 Å². The van der Waals surface area contributed by atoms with Gasteiger partial charge in [-0.1, -0.05) is 12.1 Å². The lowest BCUT2D eigenvalue weighted by molar-refractivity contribution is -0.137. The number of alkyl halides is 3. The van der Waals surface area contributed by atoms with Crippen LogP contribution in [0.1, 0.15) is 17.5 Å².